The summed E-state index contributed by atoms with van der Waals surface area (Å²) >= 11 is 0. The largest absolute Gasteiger partial charge is 0.504 e. The number of Topliss-reactive ketones (excluding diaryl/α,β-unsaturated/α-hetero) is 1. The fourth-order valence-electron chi connectivity index (χ4n) is 7.78. The second-order valence-corrected chi connectivity index (χ2v) is 14.1. The third kappa shape index (κ3) is 8.39. The molecule has 1 fully saturated rings. The number of rotatable bonds is 19. The number of aromatic hydroxyl groups is 1. The molecule has 0 saturated heterocycles. The number of benzene rings is 2. The minimum Gasteiger partial charge on any atom is -0.504 e. The van der Waals surface area contributed by atoms with Gasteiger partial charge in [-0.1, -0.05) is 95.5 Å². The Labute approximate surface area is 287 Å². The highest BCUT2D eigenvalue weighted by molar-refractivity contribution is 5.90. The molecule has 2 aromatic carbocycles. The predicted octanol–water partition coefficient (Wildman–Crippen LogP) is 7.33. The van der Waals surface area contributed by atoms with Crippen molar-refractivity contribution in [2.75, 3.05) is 13.3 Å². The lowest BCUT2D eigenvalue weighted by atomic mass is 9.71. The van der Waals surface area contributed by atoms with Crippen molar-refractivity contribution in [3.8, 4) is 11.5 Å². The number of aryl methyl sites for hydroxylation is 1. The Kier molecular flexibility index (Phi) is 12.5. The van der Waals surface area contributed by atoms with Crippen LogP contribution in [0.5, 0.6) is 11.5 Å². The van der Waals surface area contributed by atoms with E-state index in [4.69, 9.17) is 21.2 Å². The number of phenols is 1. The summed E-state index contributed by atoms with van der Waals surface area (Å²) in [6.07, 6.45) is 16.0. The predicted molar refractivity (Wildman–Crippen MR) is 193 cm³/mol. The molecule has 8 heteroatoms. The van der Waals surface area contributed by atoms with Crippen molar-refractivity contribution in [2.24, 2.45) is 22.4 Å². The van der Waals surface area contributed by atoms with Gasteiger partial charge in [-0.15, -0.1) is 0 Å². The van der Waals surface area contributed by atoms with Crippen LogP contribution in [0.4, 0.5) is 0 Å². The monoisotopic (exact) mass is 656 g/mol. The average molecular weight is 657 g/mol. The van der Waals surface area contributed by atoms with Crippen LogP contribution in [0.15, 0.2) is 70.5 Å². The fourth-order valence-corrected chi connectivity index (χ4v) is 7.78. The second kappa shape index (κ2) is 16.8. The molecule has 3 aliphatic rings. The van der Waals surface area contributed by atoms with Gasteiger partial charge in [0.1, 0.15) is 5.78 Å². The number of allylic oxidation sites excluding steroid dienone is 1. The molecule has 5 rings (SSSR count). The van der Waals surface area contributed by atoms with Crippen molar-refractivity contribution in [1.82, 2.24) is 4.90 Å². The molecule has 1 aliphatic carbocycles. The molecular weight excluding hydrogens is 600 g/mol. The summed E-state index contributed by atoms with van der Waals surface area (Å²) in [4.78, 5) is 20.2. The molecule has 2 heterocycles. The number of hydrogen-bond acceptors (Lipinski definition) is 8. The Bertz CT molecular complexity index is 1490. The topological polar surface area (TPSA) is 134 Å². The van der Waals surface area contributed by atoms with Crippen LogP contribution in [0.2, 0.25) is 0 Å². The summed E-state index contributed by atoms with van der Waals surface area (Å²) in [6, 6.07) is 13.7. The summed E-state index contributed by atoms with van der Waals surface area (Å²) in [7, 11) is 0. The number of nitrogens with two attached hydrogens (primary N) is 2. The van der Waals surface area contributed by atoms with Crippen LogP contribution in [0.25, 0.3) is 0 Å². The number of aliphatic imine (C=N–C) groups is 1. The first-order valence-corrected chi connectivity index (χ1v) is 18.3. The van der Waals surface area contributed by atoms with Gasteiger partial charge in [0, 0.05) is 42.3 Å². The molecule has 1 saturated carbocycles. The minimum atomic E-state index is -0.577. The number of ketones is 1. The van der Waals surface area contributed by atoms with E-state index in [0.717, 1.165) is 87.5 Å². The molecule has 0 spiro atoms. The zero-order valence-corrected chi connectivity index (χ0v) is 29.0. The van der Waals surface area contributed by atoms with Gasteiger partial charge in [-0.25, -0.2) is 0 Å². The summed E-state index contributed by atoms with van der Waals surface area (Å²) in [5, 5.41) is 21.5. The summed E-state index contributed by atoms with van der Waals surface area (Å²) in [5.41, 5.74) is 18.6. The number of hydrogen-bond donors (Lipinski definition) is 4. The van der Waals surface area contributed by atoms with Crippen molar-refractivity contribution in [3.63, 3.8) is 0 Å². The van der Waals surface area contributed by atoms with Crippen LogP contribution in [-0.2, 0) is 16.6 Å². The normalized spacial score (nSPS) is 18.0. The van der Waals surface area contributed by atoms with E-state index in [1.807, 2.05) is 24.4 Å². The van der Waals surface area contributed by atoms with Crippen LogP contribution in [0, 0.1) is 5.92 Å². The lowest BCUT2D eigenvalue weighted by molar-refractivity contribution is -0.126. The highest BCUT2D eigenvalue weighted by Gasteiger charge is 2.43. The third-order valence-corrected chi connectivity index (χ3v) is 10.6. The molecule has 0 aromatic heterocycles. The standard InChI is InChI=1S/C40H56N4O4/c1-3-5-7-14-31(35(45)15-8-6-4-2)36(46)18-16-28-17-19-37(47)38(22-28)48-27-44-25-32-33(24-43-34(32)26-44)40(20-9-10-21-40)30-13-11-12-29(23-30)39(41)42/h11-13,17,19,22-24,26,31,35,39,45,47H,3-10,14-16,18,20-21,25,27,41-42H2,1-2H3/t31-,35-/m1/s1. The number of carbonyl (C=O) groups is 1. The SMILES string of the molecule is CCCCC[C@@H](O)[C@@H](CCCCC)C(=O)CCc1ccc(O)c(OCN2C=C3N=CC(C4(c5cccc(C(N)N)c5)CCCC4)=C3C2)c1. The van der Waals surface area contributed by atoms with Crippen molar-refractivity contribution < 1.29 is 19.7 Å². The quantitative estimate of drug-likeness (QED) is 0.0919. The number of unbranched alkanes of at least 4 members (excludes halogenated alkanes) is 4. The lowest BCUT2D eigenvalue weighted by Gasteiger charge is -2.32. The van der Waals surface area contributed by atoms with E-state index in [1.54, 1.807) is 6.07 Å². The molecule has 0 radical (unpaired) electrons. The number of carbonyl (C=O) groups excluding carboxylic acids is 1. The van der Waals surface area contributed by atoms with Gasteiger partial charge in [0.05, 0.1) is 18.0 Å². The zero-order valence-electron chi connectivity index (χ0n) is 29.0. The number of aliphatic hydroxyl groups excluding tert-OH is 1. The third-order valence-electron chi connectivity index (χ3n) is 10.6. The molecule has 6 N–H and O–H groups in total. The highest BCUT2D eigenvalue weighted by Crippen LogP contribution is 2.50. The number of phenolic OH excluding ortho intramolecular Hbond substituents is 1. The van der Waals surface area contributed by atoms with Crippen molar-refractivity contribution in [2.45, 2.75) is 121 Å². The Morgan fingerprint density at radius 2 is 1.77 bits per heavy atom. The maximum atomic E-state index is 13.3. The van der Waals surface area contributed by atoms with Gasteiger partial charge in [0.15, 0.2) is 18.2 Å². The first-order valence-electron chi connectivity index (χ1n) is 18.3. The van der Waals surface area contributed by atoms with Gasteiger partial charge in [0.2, 0.25) is 0 Å². The number of nitrogens with zero attached hydrogens (tertiary/aromatic N) is 2. The van der Waals surface area contributed by atoms with Gasteiger partial charge >= 0.3 is 0 Å². The van der Waals surface area contributed by atoms with Crippen LogP contribution >= 0.6 is 0 Å². The maximum Gasteiger partial charge on any atom is 0.163 e. The Morgan fingerprint density at radius 1 is 1.02 bits per heavy atom. The van der Waals surface area contributed by atoms with E-state index < -0.39 is 12.3 Å². The van der Waals surface area contributed by atoms with Crippen LogP contribution in [0.1, 0.15) is 120 Å². The second-order valence-electron chi connectivity index (χ2n) is 14.1. The van der Waals surface area contributed by atoms with E-state index in [0.29, 0.717) is 31.6 Å². The summed E-state index contributed by atoms with van der Waals surface area (Å²) in [6.45, 7) is 5.24. The van der Waals surface area contributed by atoms with Gasteiger partial charge in [-0.05, 0) is 66.5 Å². The van der Waals surface area contributed by atoms with Gasteiger partial charge < -0.3 is 31.3 Å². The lowest BCUT2D eigenvalue weighted by Crippen LogP contribution is -2.29. The Morgan fingerprint density at radius 3 is 2.50 bits per heavy atom. The van der Waals surface area contributed by atoms with E-state index in [-0.39, 0.29) is 29.6 Å². The Hall–Kier alpha value is -3.46. The van der Waals surface area contributed by atoms with Crippen molar-refractivity contribution in [3.05, 3.63) is 82.2 Å². The molecule has 2 aliphatic heterocycles. The van der Waals surface area contributed by atoms with Crippen LogP contribution < -0.4 is 16.2 Å². The number of fused-ring (bicyclic) bond motifs is 1. The molecule has 0 amide bonds. The first-order chi connectivity index (χ1) is 23.3. The molecule has 2 aromatic rings. The first kappa shape index (κ1) is 35.8. The Balaban J connectivity index is 1.22. The fraction of sp³-hybridized carbons (Fsp3) is 0.550. The summed E-state index contributed by atoms with van der Waals surface area (Å²) in [5.74, 6) is 0.288. The zero-order chi connectivity index (χ0) is 34.1. The van der Waals surface area contributed by atoms with Crippen molar-refractivity contribution >= 4 is 12.0 Å². The van der Waals surface area contributed by atoms with E-state index in [9.17, 15) is 15.0 Å². The van der Waals surface area contributed by atoms with Gasteiger partial charge in [-0.2, -0.15) is 0 Å². The smallest absolute Gasteiger partial charge is 0.163 e. The molecule has 8 nitrogen and oxygen atoms in total. The summed E-state index contributed by atoms with van der Waals surface area (Å²) < 4.78 is 6.16. The number of ether oxygens (including phenoxy) is 1. The minimum absolute atomic E-state index is 0.0711. The molecule has 48 heavy (non-hydrogen) atoms. The maximum absolute atomic E-state index is 13.3. The molecule has 0 bridgehead atoms. The van der Waals surface area contributed by atoms with E-state index in [2.05, 4.69) is 43.2 Å². The van der Waals surface area contributed by atoms with E-state index >= 15 is 0 Å². The van der Waals surface area contributed by atoms with E-state index in [1.165, 1.54) is 16.7 Å². The van der Waals surface area contributed by atoms with Gasteiger partial charge in [0.25, 0.3) is 0 Å². The molecule has 0 unspecified atom stereocenters. The highest BCUT2D eigenvalue weighted by atomic mass is 16.5. The van der Waals surface area contributed by atoms with Crippen molar-refractivity contribution in [1.29, 1.82) is 0 Å². The number of aliphatic hydroxyl groups is 1. The molecule has 260 valence electrons. The molecular formula is C40H56N4O4. The van der Waals surface area contributed by atoms with Crippen LogP contribution in [-0.4, -0.2) is 46.5 Å². The average Bonchev–Trinajstić information content (AvgIpc) is 3.83. The van der Waals surface area contributed by atoms with Crippen LogP contribution in [0.3, 0.4) is 0 Å². The molecule has 2 atom stereocenters. The van der Waals surface area contributed by atoms with Gasteiger partial charge in [-0.3, -0.25) is 9.79 Å².